The number of para-hydroxylation sites is 2. The molecule has 0 aliphatic carbocycles. The summed E-state index contributed by atoms with van der Waals surface area (Å²) in [5.41, 5.74) is 2.15. The summed E-state index contributed by atoms with van der Waals surface area (Å²) in [6.45, 7) is 1.86. The summed E-state index contributed by atoms with van der Waals surface area (Å²) in [6.07, 6.45) is 1.74. The number of hydrogen-bond donors (Lipinski definition) is 2. The minimum Gasteiger partial charge on any atom is -0.495 e. The van der Waals surface area contributed by atoms with Crippen molar-refractivity contribution >= 4 is 11.6 Å². The van der Waals surface area contributed by atoms with Crippen molar-refractivity contribution in [2.45, 2.75) is 6.92 Å². The quantitative estimate of drug-likeness (QED) is 0.851. The van der Waals surface area contributed by atoms with E-state index in [1.807, 2.05) is 19.1 Å². The van der Waals surface area contributed by atoms with E-state index in [-0.39, 0.29) is 5.91 Å². The van der Waals surface area contributed by atoms with Crippen molar-refractivity contribution in [3.63, 3.8) is 0 Å². The van der Waals surface area contributed by atoms with Crippen molar-refractivity contribution in [2.75, 3.05) is 12.4 Å². The second-order valence-corrected chi connectivity index (χ2v) is 3.67. The largest absolute Gasteiger partial charge is 0.495 e. The fraction of sp³-hybridized carbons (Fsp3) is 0.154. The van der Waals surface area contributed by atoms with Crippen LogP contribution in [0.3, 0.4) is 0 Å². The number of nitrogens with one attached hydrogen (secondary N) is 2. The van der Waals surface area contributed by atoms with Crippen molar-refractivity contribution < 1.29 is 9.53 Å². The van der Waals surface area contributed by atoms with Crippen LogP contribution >= 0.6 is 0 Å². The van der Waals surface area contributed by atoms with Crippen molar-refractivity contribution in [1.82, 2.24) is 4.98 Å². The van der Waals surface area contributed by atoms with Crippen molar-refractivity contribution in [2.24, 2.45) is 0 Å². The molecule has 0 saturated carbocycles. The first-order valence-corrected chi connectivity index (χ1v) is 5.30. The van der Waals surface area contributed by atoms with Gasteiger partial charge < -0.3 is 15.0 Å². The first-order valence-electron chi connectivity index (χ1n) is 5.30. The average molecular weight is 230 g/mol. The molecule has 0 saturated heterocycles. The second kappa shape index (κ2) is 4.74. The van der Waals surface area contributed by atoms with Crippen LogP contribution in [0.25, 0.3) is 0 Å². The van der Waals surface area contributed by atoms with E-state index >= 15 is 0 Å². The molecule has 4 heteroatoms. The Hall–Kier alpha value is -2.23. The molecule has 1 aromatic heterocycles. The summed E-state index contributed by atoms with van der Waals surface area (Å²) in [5, 5.41) is 2.82. The number of aromatic amines is 1. The van der Waals surface area contributed by atoms with Gasteiger partial charge in [-0.2, -0.15) is 0 Å². The van der Waals surface area contributed by atoms with Crippen LogP contribution in [-0.4, -0.2) is 18.0 Å². The van der Waals surface area contributed by atoms with Gasteiger partial charge in [-0.3, -0.25) is 4.79 Å². The fourth-order valence-corrected chi connectivity index (χ4v) is 1.64. The maximum absolute atomic E-state index is 12.0. The average Bonchev–Trinajstić information content (AvgIpc) is 2.76. The Bertz CT molecular complexity index is 532. The van der Waals surface area contributed by atoms with Crippen LogP contribution in [0.4, 0.5) is 5.69 Å². The predicted octanol–water partition coefficient (Wildman–Crippen LogP) is 2.58. The molecule has 0 radical (unpaired) electrons. The van der Waals surface area contributed by atoms with Gasteiger partial charge in [-0.1, -0.05) is 12.1 Å². The van der Waals surface area contributed by atoms with E-state index in [1.54, 1.807) is 31.5 Å². The minimum atomic E-state index is -0.145. The van der Waals surface area contributed by atoms with Crippen LogP contribution in [0.5, 0.6) is 5.75 Å². The molecule has 0 aliphatic heterocycles. The molecule has 1 heterocycles. The van der Waals surface area contributed by atoms with Gasteiger partial charge in [0.05, 0.1) is 18.4 Å². The standard InChI is InChI=1S/C13H14N2O2/c1-9-10(7-8-14-9)13(16)15-11-5-3-4-6-12(11)17-2/h3-8,14H,1-2H3,(H,15,16). The van der Waals surface area contributed by atoms with E-state index in [0.717, 1.165) is 5.69 Å². The van der Waals surface area contributed by atoms with Crippen LogP contribution in [-0.2, 0) is 0 Å². The highest BCUT2D eigenvalue weighted by Crippen LogP contribution is 2.23. The molecule has 1 aromatic carbocycles. The fourth-order valence-electron chi connectivity index (χ4n) is 1.64. The number of hydrogen-bond acceptors (Lipinski definition) is 2. The van der Waals surface area contributed by atoms with E-state index < -0.39 is 0 Å². The zero-order valence-electron chi connectivity index (χ0n) is 9.78. The van der Waals surface area contributed by atoms with E-state index in [2.05, 4.69) is 10.3 Å². The van der Waals surface area contributed by atoms with Gasteiger partial charge in [0, 0.05) is 11.9 Å². The highest BCUT2D eigenvalue weighted by atomic mass is 16.5. The lowest BCUT2D eigenvalue weighted by Gasteiger charge is -2.09. The lowest BCUT2D eigenvalue weighted by Crippen LogP contribution is -2.12. The number of aryl methyl sites for hydroxylation is 1. The molecule has 17 heavy (non-hydrogen) atoms. The molecule has 0 bridgehead atoms. The Morgan fingerprint density at radius 2 is 2.06 bits per heavy atom. The summed E-state index contributed by atoms with van der Waals surface area (Å²) in [4.78, 5) is 14.9. The molecule has 0 unspecified atom stereocenters. The summed E-state index contributed by atoms with van der Waals surface area (Å²) in [7, 11) is 1.58. The molecule has 4 nitrogen and oxygen atoms in total. The maximum Gasteiger partial charge on any atom is 0.257 e. The Labute approximate surface area is 99.6 Å². The topological polar surface area (TPSA) is 54.1 Å². The van der Waals surface area contributed by atoms with Crippen LogP contribution in [0.1, 0.15) is 16.1 Å². The van der Waals surface area contributed by atoms with Crippen molar-refractivity contribution in [1.29, 1.82) is 0 Å². The first-order chi connectivity index (χ1) is 8.22. The normalized spacial score (nSPS) is 10.0. The van der Waals surface area contributed by atoms with Gasteiger partial charge >= 0.3 is 0 Å². The van der Waals surface area contributed by atoms with Crippen LogP contribution in [0, 0.1) is 6.92 Å². The highest BCUT2D eigenvalue weighted by molar-refractivity contribution is 6.05. The number of methoxy groups -OCH3 is 1. The Morgan fingerprint density at radius 1 is 1.29 bits per heavy atom. The van der Waals surface area contributed by atoms with Crippen LogP contribution in [0.2, 0.25) is 0 Å². The molecule has 0 atom stereocenters. The van der Waals surface area contributed by atoms with Crippen LogP contribution < -0.4 is 10.1 Å². The highest BCUT2D eigenvalue weighted by Gasteiger charge is 2.11. The van der Waals surface area contributed by atoms with E-state index in [1.165, 1.54) is 0 Å². The molecule has 2 N–H and O–H groups in total. The van der Waals surface area contributed by atoms with Gasteiger partial charge in [-0.25, -0.2) is 0 Å². The second-order valence-electron chi connectivity index (χ2n) is 3.67. The number of carbonyl (C=O) groups excluding carboxylic acids is 1. The Morgan fingerprint density at radius 3 is 2.71 bits per heavy atom. The Kier molecular flexibility index (Phi) is 3.14. The summed E-state index contributed by atoms with van der Waals surface area (Å²) >= 11 is 0. The number of benzene rings is 1. The number of aromatic nitrogens is 1. The zero-order valence-corrected chi connectivity index (χ0v) is 9.78. The van der Waals surface area contributed by atoms with E-state index in [0.29, 0.717) is 17.0 Å². The lowest BCUT2D eigenvalue weighted by molar-refractivity contribution is 0.102. The maximum atomic E-state index is 12.0. The smallest absolute Gasteiger partial charge is 0.257 e. The SMILES string of the molecule is COc1ccccc1NC(=O)c1cc[nH]c1C. The molecule has 0 aliphatic rings. The molecule has 2 aromatic rings. The lowest BCUT2D eigenvalue weighted by atomic mass is 10.2. The van der Waals surface area contributed by atoms with Gasteiger partial charge in [-0.05, 0) is 25.1 Å². The molecule has 2 rings (SSSR count). The monoisotopic (exact) mass is 230 g/mol. The molecular formula is C13H14N2O2. The first kappa shape index (κ1) is 11.3. The van der Waals surface area contributed by atoms with Crippen molar-refractivity contribution in [3.8, 4) is 5.75 Å². The van der Waals surface area contributed by atoms with Gasteiger partial charge in [0.15, 0.2) is 0 Å². The predicted molar refractivity (Wildman–Crippen MR) is 66.5 cm³/mol. The van der Waals surface area contributed by atoms with E-state index in [4.69, 9.17) is 4.74 Å². The summed E-state index contributed by atoms with van der Waals surface area (Å²) in [5.74, 6) is 0.502. The molecular weight excluding hydrogens is 216 g/mol. The Balaban J connectivity index is 2.22. The number of H-pyrrole nitrogens is 1. The number of rotatable bonds is 3. The number of anilines is 1. The van der Waals surface area contributed by atoms with Gasteiger partial charge in [0.1, 0.15) is 5.75 Å². The third kappa shape index (κ3) is 2.30. The zero-order chi connectivity index (χ0) is 12.3. The molecule has 1 amide bonds. The summed E-state index contributed by atoms with van der Waals surface area (Å²) in [6, 6.07) is 9.07. The minimum absolute atomic E-state index is 0.145. The number of ether oxygens (including phenoxy) is 1. The van der Waals surface area contributed by atoms with Crippen molar-refractivity contribution in [3.05, 3.63) is 47.8 Å². The molecule has 88 valence electrons. The van der Waals surface area contributed by atoms with Crippen LogP contribution in [0.15, 0.2) is 36.5 Å². The molecule has 0 spiro atoms. The van der Waals surface area contributed by atoms with Gasteiger partial charge in [-0.15, -0.1) is 0 Å². The number of amides is 1. The third-order valence-electron chi connectivity index (χ3n) is 2.55. The van der Waals surface area contributed by atoms with Gasteiger partial charge in [0.25, 0.3) is 5.91 Å². The van der Waals surface area contributed by atoms with Gasteiger partial charge in [0.2, 0.25) is 0 Å². The number of carbonyl (C=O) groups is 1. The van der Waals surface area contributed by atoms with E-state index in [9.17, 15) is 4.79 Å². The third-order valence-corrected chi connectivity index (χ3v) is 2.55. The summed E-state index contributed by atoms with van der Waals surface area (Å²) < 4.78 is 5.17. The molecule has 0 fully saturated rings.